The van der Waals surface area contributed by atoms with Crippen LogP contribution in [0.5, 0.6) is 0 Å². The van der Waals surface area contributed by atoms with E-state index in [1.807, 2.05) is 0 Å². The molecule has 0 amide bonds. The summed E-state index contributed by atoms with van der Waals surface area (Å²) >= 11 is 0. The Balaban J connectivity index is 1.57. The SMILES string of the molecule is CNC(CCC1CCCO1)C1Cc2ccccc21. The lowest BCUT2D eigenvalue weighted by Gasteiger charge is -2.37. The summed E-state index contributed by atoms with van der Waals surface area (Å²) in [7, 11) is 2.10. The number of ether oxygens (including phenoxy) is 1. The minimum absolute atomic E-state index is 0.524. The summed E-state index contributed by atoms with van der Waals surface area (Å²) in [6.07, 6.45) is 6.73. The molecule has 1 heterocycles. The molecule has 0 aromatic heterocycles. The van der Waals surface area contributed by atoms with Gasteiger partial charge in [-0.3, -0.25) is 0 Å². The van der Waals surface area contributed by atoms with Gasteiger partial charge < -0.3 is 10.1 Å². The number of hydrogen-bond donors (Lipinski definition) is 1. The zero-order chi connectivity index (χ0) is 12.4. The summed E-state index contributed by atoms with van der Waals surface area (Å²) < 4.78 is 5.72. The molecule has 2 aliphatic rings. The lowest BCUT2D eigenvalue weighted by Crippen LogP contribution is -2.38. The Bertz CT molecular complexity index is 398. The molecular formula is C16H23NO. The highest BCUT2D eigenvalue weighted by Gasteiger charge is 2.32. The van der Waals surface area contributed by atoms with E-state index in [1.165, 1.54) is 32.1 Å². The van der Waals surface area contributed by atoms with E-state index in [2.05, 4.69) is 36.6 Å². The fourth-order valence-electron chi connectivity index (χ4n) is 3.44. The molecule has 1 fully saturated rings. The highest BCUT2D eigenvalue weighted by atomic mass is 16.5. The van der Waals surface area contributed by atoms with Gasteiger partial charge in [0, 0.05) is 18.6 Å². The molecule has 3 atom stereocenters. The van der Waals surface area contributed by atoms with Crippen molar-refractivity contribution in [2.24, 2.45) is 0 Å². The van der Waals surface area contributed by atoms with Crippen molar-refractivity contribution >= 4 is 0 Å². The third-order valence-corrected chi connectivity index (χ3v) is 4.57. The van der Waals surface area contributed by atoms with Crippen molar-refractivity contribution in [1.29, 1.82) is 0 Å². The Morgan fingerprint density at radius 1 is 1.39 bits per heavy atom. The Kier molecular flexibility index (Phi) is 3.67. The van der Waals surface area contributed by atoms with Crippen LogP contribution < -0.4 is 5.32 Å². The van der Waals surface area contributed by atoms with E-state index in [4.69, 9.17) is 4.74 Å². The van der Waals surface area contributed by atoms with E-state index < -0.39 is 0 Å². The third kappa shape index (κ3) is 2.32. The highest BCUT2D eigenvalue weighted by molar-refractivity contribution is 5.41. The second kappa shape index (κ2) is 5.41. The number of nitrogens with one attached hydrogen (secondary N) is 1. The maximum atomic E-state index is 5.72. The van der Waals surface area contributed by atoms with Gasteiger partial charge in [0.15, 0.2) is 0 Å². The minimum atomic E-state index is 0.524. The van der Waals surface area contributed by atoms with Crippen LogP contribution >= 0.6 is 0 Å². The van der Waals surface area contributed by atoms with Gasteiger partial charge in [-0.05, 0) is 50.3 Å². The van der Waals surface area contributed by atoms with Gasteiger partial charge in [-0.15, -0.1) is 0 Å². The number of benzene rings is 1. The predicted octanol–water partition coefficient (Wildman–Crippen LogP) is 2.87. The van der Waals surface area contributed by atoms with Crippen LogP contribution in [0.2, 0.25) is 0 Å². The Hall–Kier alpha value is -0.860. The number of likely N-dealkylation sites (N-methyl/N-ethyl adjacent to an activating group) is 1. The van der Waals surface area contributed by atoms with Crippen LogP contribution in [0.15, 0.2) is 24.3 Å². The van der Waals surface area contributed by atoms with Crippen molar-refractivity contribution in [2.45, 2.75) is 50.2 Å². The summed E-state index contributed by atoms with van der Waals surface area (Å²) in [6, 6.07) is 9.48. The molecule has 2 nitrogen and oxygen atoms in total. The molecule has 1 saturated heterocycles. The van der Waals surface area contributed by atoms with Crippen LogP contribution in [0.1, 0.15) is 42.7 Å². The summed E-state index contributed by atoms with van der Waals surface area (Å²) in [5, 5.41) is 3.51. The van der Waals surface area contributed by atoms with Crippen molar-refractivity contribution < 1.29 is 4.74 Å². The van der Waals surface area contributed by atoms with E-state index in [-0.39, 0.29) is 0 Å². The van der Waals surface area contributed by atoms with E-state index in [9.17, 15) is 0 Å². The Labute approximate surface area is 110 Å². The van der Waals surface area contributed by atoms with Crippen molar-refractivity contribution in [1.82, 2.24) is 5.32 Å². The second-order valence-corrected chi connectivity index (χ2v) is 5.62. The maximum absolute atomic E-state index is 5.72. The molecule has 0 saturated carbocycles. The van der Waals surface area contributed by atoms with Gasteiger partial charge >= 0.3 is 0 Å². The molecule has 1 N–H and O–H groups in total. The second-order valence-electron chi connectivity index (χ2n) is 5.62. The average Bonchev–Trinajstić information content (AvgIpc) is 2.88. The molecule has 3 unspecified atom stereocenters. The zero-order valence-corrected chi connectivity index (χ0v) is 11.2. The monoisotopic (exact) mass is 245 g/mol. The van der Waals surface area contributed by atoms with Gasteiger partial charge in [0.25, 0.3) is 0 Å². The van der Waals surface area contributed by atoms with Gasteiger partial charge in [0.05, 0.1) is 6.10 Å². The van der Waals surface area contributed by atoms with Crippen LogP contribution in [-0.2, 0) is 11.2 Å². The lowest BCUT2D eigenvalue weighted by atomic mass is 9.72. The summed E-state index contributed by atoms with van der Waals surface area (Å²) in [4.78, 5) is 0. The predicted molar refractivity (Wildman–Crippen MR) is 73.9 cm³/mol. The first-order valence-electron chi connectivity index (χ1n) is 7.25. The molecule has 1 aromatic rings. The maximum Gasteiger partial charge on any atom is 0.0576 e. The molecule has 98 valence electrons. The zero-order valence-electron chi connectivity index (χ0n) is 11.2. The normalized spacial score (nSPS) is 27.6. The van der Waals surface area contributed by atoms with Gasteiger partial charge in [-0.2, -0.15) is 0 Å². The summed E-state index contributed by atoms with van der Waals surface area (Å²) in [6.45, 7) is 0.973. The summed E-state index contributed by atoms with van der Waals surface area (Å²) in [5.74, 6) is 0.715. The number of rotatable bonds is 5. The van der Waals surface area contributed by atoms with Crippen LogP contribution in [0.4, 0.5) is 0 Å². The van der Waals surface area contributed by atoms with Crippen LogP contribution in [0.3, 0.4) is 0 Å². The number of hydrogen-bond acceptors (Lipinski definition) is 2. The smallest absolute Gasteiger partial charge is 0.0576 e. The van der Waals surface area contributed by atoms with E-state index in [0.29, 0.717) is 18.1 Å². The molecule has 1 aromatic carbocycles. The van der Waals surface area contributed by atoms with Gasteiger partial charge in [0.2, 0.25) is 0 Å². The lowest BCUT2D eigenvalue weighted by molar-refractivity contribution is 0.0985. The highest BCUT2D eigenvalue weighted by Crippen LogP contribution is 2.38. The fraction of sp³-hybridized carbons (Fsp3) is 0.625. The molecule has 2 heteroatoms. The van der Waals surface area contributed by atoms with Crippen LogP contribution in [0, 0.1) is 0 Å². The fourth-order valence-corrected chi connectivity index (χ4v) is 3.44. The van der Waals surface area contributed by atoms with Crippen molar-refractivity contribution in [2.75, 3.05) is 13.7 Å². The molecule has 0 spiro atoms. The van der Waals surface area contributed by atoms with E-state index in [0.717, 1.165) is 6.61 Å². The molecule has 0 radical (unpaired) electrons. The quantitative estimate of drug-likeness (QED) is 0.861. The largest absolute Gasteiger partial charge is 0.378 e. The Morgan fingerprint density at radius 2 is 2.28 bits per heavy atom. The van der Waals surface area contributed by atoms with Crippen LogP contribution in [0.25, 0.3) is 0 Å². The molecule has 1 aliphatic heterocycles. The van der Waals surface area contributed by atoms with E-state index >= 15 is 0 Å². The number of fused-ring (bicyclic) bond motifs is 1. The van der Waals surface area contributed by atoms with Gasteiger partial charge in [0.1, 0.15) is 0 Å². The molecular weight excluding hydrogens is 222 g/mol. The minimum Gasteiger partial charge on any atom is -0.378 e. The first-order valence-corrected chi connectivity index (χ1v) is 7.25. The Morgan fingerprint density at radius 3 is 3.00 bits per heavy atom. The van der Waals surface area contributed by atoms with Crippen molar-refractivity contribution in [3.63, 3.8) is 0 Å². The van der Waals surface area contributed by atoms with Gasteiger partial charge in [-0.25, -0.2) is 0 Å². The van der Waals surface area contributed by atoms with Crippen molar-refractivity contribution in [3.8, 4) is 0 Å². The first-order chi connectivity index (χ1) is 8.88. The average molecular weight is 245 g/mol. The van der Waals surface area contributed by atoms with E-state index in [1.54, 1.807) is 11.1 Å². The van der Waals surface area contributed by atoms with Crippen LogP contribution in [-0.4, -0.2) is 25.8 Å². The standard InChI is InChI=1S/C16H23NO/c1-17-16(9-8-13-6-4-10-18-13)15-11-12-5-2-3-7-14(12)15/h2-3,5,7,13,15-17H,4,6,8-11H2,1H3. The third-order valence-electron chi connectivity index (χ3n) is 4.57. The molecule has 18 heavy (non-hydrogen) atoms. The topological polar surface area (TPSA) is 21.3 Å². The first kappa shape index (κ1) is 12.2. The molecule has 3 rings (SSSR count). The molecule has 0 bridgehead atoms. The summed E-state index contributed by atoms with van der Waals surface area (Å²) in [5.41, 5.74) is 3.10. The van der Waals surface area contributed by atoms with Gasteiger partial charge in [-0.1, -0.05) is 24.3 Å². The molecule has 1 aliphatic carbocycles. The van der Waals surface area contributed by atoms with Crippen molar-refractivity contribution in [3.05, 3.63) is 35.4 Å².